The first-order valence-corrected chi connectivity index (χ1v) is 10.1. The second-order valence-corrected chi connectivity index (χ2v) is 8.03. The Hall–Kier alpha value is -3.38. The Morgan fingerprint density at radius 1 is 1.03 bits per heavy atom. The van der Waals surface area contributed by atoms with Crippen molar-refractivity contribution in [3.8, 4) is 11.1 Å². The minimum absolute atomic E-state index is 0.0498. The molecule has 0 saturated carbocycles. The maximum Gasteiger partial charge on any atom is 0.170 e. The lowest BCUT2D eigenvalue weighted by molar-refractivity contribution is 0.0990. The Bertz CT molecular complexity index is 1260. The van der Waals surface area contributed by atoms with Crippen molar-refractivity contribution >= 4 is 16.7 Å². The molecule has 0 radical (unpaired) electrons. The molecule has 1 aliphatic heterocycles. The molecule has 6 nitrogen and oxygen atoms in total. The van der Waals surface area contributed by atoms with Crippen LogP contribution in [0.5, 0.6) is 0 Å². The number of ketones is 1. The Morgan fingerprint density at radius 3 is 2.77 bits per heavy atom. The molecule has 0 aliphatic carbocycles. The van der Waals surface area contributed by atoms with E-state index in [0.717, 1.165) is 47.1 Å². The van der Waals surface area contributed by atoms with Crippen LogP contribution in [0.4, 0.5) is 0 Å². The molecule has 6 heteroatoms. The van der Waals surface area contributed by atoms with Crippen molar-refractivity contribution < 1.29 is 4.79 Å². The van der Waals surface area contributed by atoms with Gasteiger partial charge < -0.3 is 4.90 Å². The number of nitrogens with zero attached hydrogens (tertiary/aromatic N) is 5. The second kappa shape index (κ2) is 7.46. The molecule has 30 heavy (non-hydrogen) atoms. The fourth-order valence-corrected chi connectivity index (χ4v) is 4.01. The van der Waals surface area contributed by atoms with Crippen molar-refractivity contribution in [3.05, 3.63) is 77.5 Å². The first kappa shape index (κ1) is 18.6. The summed E-state index contributed by atoms with van der Waals surface area (Å²) >= 11 is 0. The van der Waals surface area contributed by atoms with Gasteiger partial charge in [0.1, 0.15) is 5.82 Å². The van der Waals surface area contributed by atoms with Crippen molar-refractivity contribution in [1.29, 1.82) is 0 Å². The van der Waals surface area contributed by atoms with Gasteiger partial charge >= 0.3 is 0 Å². The number of Topliss-reactive ketones (excluding diaryl/α,β-unsaturated/α-hetero) is 1. The van der Waals surface area contributed by atoms with Gasteiger partial charge in [-0.15, -0.1) is 0 Å². The van der Waals surface area contributed by atoms with Gasteiger partial charge in [0.2, 0.25) is 0 Å². The van der Waals surface area contributed by atoms with E-state index in [1.165, 1.54) is 11.1 Å². The summed E-state index contributed by atoms with van der Waals surface area (Å²) in [5.74, 6) is 0.597. The molecule has 1 aliphatic rings. The van der Waals surface area contributed by atoms with Gasteiger partial charge in [0.25, 0.3) is 0 Å². The smallest absolute Gasteiger partial charge is 0.170 e. The molecule has 3 heterocycles. The number of fused-ring (bicyclic) bond motifs is 2. The summed E-state index contributed by atoms with van der Waals surface area (Å²) in [7, 11) is 4.01. The highest BCUT2D eigenvalue weighted by Gasteiger charge is 2.16. The maximum absolute atomic E-state index is 12.9. The zero-order valence-corrected chi connectivity index (χ0v) is 17.2. The number of benzene rings is 2. The molecule has 0 saturated heterocycles. The zero-order valence-electron chi connectivity index (χ0n) is 17.2. The summed E-state index contributed by atoms with van der Waals surface area (Å²) in [6, 6.07) is 12.1. The first-order valence-electron chi connectivity index (χ1n) is 10.1. The van der Waals surface area contributed by atoms with Crippen molar-refractivity contribution in [2.75, 3.05) is 13.6 Å². The van der Waals surface area contributed by atoms with Crippen LogP contribution in [0.3, 0.4) is 0 Å². The SMILES string of the molecule is CN1CCc2ccc(C(=O)Cc3ncc4ccc(-c5cnn(C)c5)cc4n3)cc2C1. The molecule has 150 valence electrons. The fourth-order valence-electron chi connectivity index (χ4n) is 4.01. The molecule has 0 N–H and O–H groups in total. The van der Waals surface area contributed by atoms with E-state index in [2.05, 4.69) is 33.1 Å². The summed E-state index contributed by atoms with van der Waals surface area (Å²) < 4.78 is 1.78. The van der Waals surface area contributed by atoms with Gasteiger partial charge in [0, 0.05) is 49.0 Å². The third-order valence-electron chi connectivity index (χ3n) is 5.72. The van der Waals surface area contributed by atoms with E-state index < -0.39 is 0 Å². The summed E-state index contributed by atoms with van der Waals surface area (Å²) in [4.78, 5) is 24.3. The third kappa shape index (κ3) is 3.62. The summed E-state index contributed by atoms with van der Waals surface area (Å²) in [6.45, 7) is 1.95. The van der Waals surface area contributed by atoms with Gasteiger partial charge in [-0.25, -0.2) is 9.97 Å². The predicted octanol–water partition coefficient (Wildman–Crippen LogP) is 3.44. The van der Waals surface area contributed by atoms with Gasteiger partial charge in [0.05, 0.1) is 18.1 Å². The number of aromatic nitrogens is 4. The van der Waals surface area contributed by atoms with Crippen LogP contribution in [-0.2, 0) is 26.4 Å². The molecule has 2 aromatic carbocycles. The Balaban J connectivity index is 1.41. The predicted molar refractivity (Wildman–Crippen MR) is 116 cm³/mol. The average molecular weight is 397 g/mol. The minimum Gasteiger partial charge on any atom is -0.302 e. The average Bonchev–Trinajstić information content (AvgIpc) is 3.19. The lowest BCUT2D eigenvalue weighted by atomic mass is 9.95. The van der Waals surface area contributed by atoms with Crippen molar-refractivity contribution in [2.45, 2.75) is 19.4 Å². The number of hydrogen-bond acceptors (Lipinski definition) is 5. The molecule has 0 spiro atoms. The first-order chi connectivity index (χ1) is 14.5. The molecule has 0 fully saturated rings. The quantitative estimate of drug-likeness (QED) is 0.494. The maximum atomic E-state index is 12.9. The van der Waals surface area contributed by atoms with Crippen LogP contribution in [0.2, 0.25) is 0 Å². The molecule has 0 amide bonds. The summed E-state index contributed by atoms with van der Waals surface area (Å²) in [5, 5.41) is 5.19. The van der Waals surface area contributed by atoms with Crippen molar-refractivity contribution in [1.82, 2.24) is 24.6 Å². The number of carbonyl (C=O) groups is 1. The highest BCUT2D eigenvalue weighted by Crippen LogP contribution is 2.23. The standard InChI is InChI=1S/C24H23N5O/c1-28-8-7-16-3-5-18(9-20(16)14-28)23(30)11-24-25-12-19-6-4-17(10-22(19)27-24)21-13-26-29(2)15-21/h3-6,9-10,12-13,15H,7-8,11,14H2,1-2H3. The van der Waals surface area contributed by atoms with Gasteiger partial charge in [-0.2, -0.15) is 5.10 Å². The highest BCUT2D eigenvalue weighted by molar-refractivity contribution is 5.97. The van der Waals surface area contributed by atoms with Gasteiger partial charge in [-0.3, -0.25) is 9.48 Å². The Morgan fingerprint density at radius 2 is 1.93 bits per heavy atom. The molecular weight excluding hydrogens is 374 g/mol. The molecule has 0 unspecified atom stereocenters. The summed E-state index contributed by atoms with van der Waals surface area (Å²) in [6.07, 6.45) is 6.83. The number of carbonyl (C=O) groups excluding carboxylic acids is 1. The van der Waals surface area contributed by atoms with Crippen LogP contribution in [0, 0.1) is 0 Å². The van der Waals surface area contributed by atoms with Crippen molar-refractivity contribution in [2.24, 2.45) is 7.05 Å². The van der Waals surface area contributed by atoms with Gasteiger partial charge in [-0.05, 0) is 42.3 Å². The second-order valence-electron chi connectivity index (χ2n) is 8.03. The van der Waals surface area contributed by atoms with Crippen LogP contribution in [0.25, 0.3) is 22.0 Å². The van der Waals surface area contributed by atoms with Gasteiger partial charge in [0.15, 0.2) is 5.78 Å². The normalized spacial score (nSPS) is 14.1. The summed E-state index contributed by atoms with van der Waals surface area (Å²) in [5.41, 5.74) is 6.24. The minimum atomic E-state index is 0.0498. The van der Waals surface area contributed by atoms with Crippen LogP contribution >= 0.6 is 0 Å². The largest absolute Gasteiger partial charge is 0.302 e. The van der Waals surface area contributed by atoms with E-state index in [0.29, 0.717) is 5.82 Å². The molecule has 0 bridgehead atoms. The zero-order chi connectivity index (χ0) is 20.7. The van der Waals surface area contributed by atoms with E-state index in [1.807, 2.05) is 49.8 Å². The van der Waals surface area contributed by atoms with E-state index in [9.17, 15) is 4.79 Å². The lowest BCUT2D eigenvalue weighted by Gasteiger charge is -2.25. The Labute approximate surface area is 175 Å². The lowest BCUT2D eigenvalue weighted by Crippen LogP contribution is -2.26. The highest BCUT2D eigenvalue weighted by atomic mass is 16.1. The number of likely N-dealkylation sites (N-methyl/N-ethyl adjacent to an activating group) is 1. The van der Waals surface area contributed by atoms with E-state index in [4.69, 9.17) is 0 Å². The fraction of sp³-hybridized carbons (Fsp3) is 0.250. The Kier molecular flexibility index (Phi) is 4.64. The molecular formula is C24H23N5O. The van der Waals surface area contributed by atoms with Crippen LogP contribution in [0.15, 0.2) is 55.0 Å². The van der Waals surface area contributed by atoms with E-state index in [1.54, 1.807) is 10.9 Å². The van der Waals surface area contributed by atoms with Crippen LogP contribution in [-0.4, -0.2) is 44.0 Å². The number of aryl methyl sites for hydroxylation is 1. The molecule has 4 aromatic rings. The number of rotatable bonds is 4. The van der Waals surface area contributed by atoms with Crippen molar-refractivity contribution in [3.63, 3.8) is 0 Å². The van der Waals surface area contributed by atoms with Crippen LogP contribution in [0.1, 0.15) is 27.3 Å². The van der Waals surface area contributed by atoms with E-state index >= 15 is 0 Å². The van der Waals surface area contributed by atoms with Gasteiger partial charge in [-0.1, -0.05) is 24.3 Å². The molecule has 0 atom stereocenters. The molecule has 2 aromatic heterocycles. The number of hydrogen-bond donors (Lipinski definition) is 0. The van der Waals surface area contributed by atoms with E-state index in [-0.39, 0.29) is 12.2 Å². The molecule has 5 rings (SSSR count). The third-order valence-corrected chi connectivity index (χ3v) is 5.72. The topological polar surface area (TPSA) is 63.9 Å². The monoisotopic (exact) mass is 397 g/mol. The van der Waals surface area contributed by atoms with Crippen LogP contribution < -0.4 is 0 Å².